The van der Waals surface area contributed by atoms with Crippen LogP contribution in [0.25, 0.3) is 0 Å². The molecule has 1 aromatic carbocycles. The molecule has 0 saturated carbocycles. The van der Waals surface area contributed by atoms with E-state index in [1.807, 2.05) is 13.0 Å². The number of thiazole rings is 1. The van der Waals surface area contributed by atoms with Crippen molar-refractivity contribution in [2.24, 2.45) is 0 Å². The van der Waals surface area contributed by atoms with Crippen LogP contribution in [0, 0.1) is 6.92 Å². The van der Waals surface area contributed by atoms with E-state index in [1.165, 1.54) is 11.3 Å². The molecule has 0 atom stereocenters. The lowest BCUT2D eigenvalue weighted by Crippen LogP contribution is -2.25. The Bertz CT molecular complexity index is 760. The average molecular weight is 346 g/mol. The summed E-state index contributed by atoms with van der Waals surface area (Å²) >= 11 is 1.43. The summed E-state index contributed by atoms with van der Waals surface area (Å²) in [6.07, 6.45) is 0.580. The number of nitrogens with zero attached hydrogens (tertiary/aromatic N) is 1. The molecule has 2 rings (SSSR count). The maximum absolute atomic E-state index is 12.3. The maximum Gasteiger partial charge on any atom is 0.335 e. The first-order valence-corrected chi connectivity index (χ1v) is 8.58. The minimum Gasteiger partial charge on any atom is -0.478 e. The number of aryl methyl sites for hydroxylation is 1. The number of hydrogen-bond donors (Lipinski definition) is 2. The van der Waals surface area contributed by atoms with E-state index in [9.17, 15) is 9.59 Å². The summed E-state index contributed by atoms with van der Waals surface area (Å²) in [7, 11) is 0. The lowest BCUT2D eigenvalue weighted by molar-refractivity contribution is 0.0696. The number of benzene rings is 1. The number of rotatable bonds is 5. The van der Waals surface area contributed by atoms with Gasteiger partial charge < -0.3 is 10.4 Å². The molecule has 0 radical (unpaired) electrons. The summed E-state index contributed by atoms with van der Waals surface area (Å²) < 4.78 is 0. The van der Waals surface area contributed by atoms with Gasteiger partial charge in [0.1, 0.15) is 4.88 Å². The Kier molecular flexibility index (Phi) is 5.39. The monoisotopic (exact) mass is 346 g/mol. The quantitative estimate of drug-likeness (QED) is 0.869. The number of hydrogen-bond acceptors (Lipinski definition) is 4. The SMILES string of the molecule is Cc1nc(C(C)(C)C)sc1C(=O)NCCc1cccc(C(=O)O)c1. The minimum atomic E-state index is -0.948. The number of aromatic nitrogens is 1. The Morgan fingerprint density at radius 1 is 1.29 bits per heavy atom. The van der Waals surface area contributed by atoms with Crippen LogP contribution >= 0.6 is 11.3 Å². The molecule has 5 nitrogen and oxygen atoms in total. The van der Waals surface area contributed by atoms with E-state index in [4.69, 9.17) is 5.11 Å². The largest absolute Gasteiger partial charge is 0.478 e. The fraction of sp³-hybridized carbons (Fsp3) is 0.389. The van der Waals surface area contributed by atoms with Crippen LogP contribution in [0.1, 0.15) is 57.1 Å². The molecular formula is C18H22N2O3S. The third-order valence-electron chi connectivity index (χ3n) is 3.52. The number of amides is 1. The lowest BCUT2D eigenvalue weighted by atomic mass is 9.98. The first-order chi connectivity index (χ1) is 11.2. The van der Waals surface area contributed by atoms with E-state index in [-0.39, 0.29) is 16.9 Å². The molecule has 1 amide bonds. The van der Waals surface area contributed by atoms with Gasteiger partial charge in [0.25, 0.3) is 5.91 Å². The molecule has 0 unspecified atom stereocenters. The Morgan fingerprint density at radius 2 is 2.00 bits per heavy atom. The van der Waals surface area contributed by atoms with Gasteiger partial charge in [-0.25, -0.2) is 9.78 Å². The standard InChI is InChI=1S/C18H22N2O3S/c1-11-14(24-17(20-11)18(2,3)4)15(21)19-9-8-12-6-5-7-13(10-12)16(22)23/h5-7,10H,8-9H2,1-4H3,(H,19,21)(H,22,23). The molecule has 0 saturated heterocycles. The van der Waals surface area contributed by atoms with Crippen molar-refractivity contribution in [3.63, 3.8) is 0 Å². The molecule has 128 valence electrons. The molecule has 6 heteroatoms. The Balaban J connectivity index is 1.98. The first-order valence-electron chi connectivity index (χ1n) is 7.77. The van der Waals surface area contributed by atoms with E-state index in [0.29, 0.717) is 17.8 Å². The van der Waals surface area contributed by atoms with Crippen LogP contribution in [0.4, 0.5) is 0 Å². The van der Waals surface area contributed by atoms with Crippen molar-refractivity contribution >= 4 is 23.2 Å². The van der Waals surface area contributed by atoms with Crippen LogP contribution in [0.3, 0.4) is 0 Å². The Labute approximate surface area is 145 Å². The Hall–Kier alpha value is -2.21. The van der Waals surface area contributed by atoms with E-state index < -0.39 is 5.97 Å². The average Bonchev–Trinajstić information content (AvgIpc) is 2.89. The predicted molar refractivity (Wildman–Crippen MR) is 95.0 cm³/mol. The number of carboxylic acid groups (broad SMARTS) is 1. The molecule has 0 aliphatic heterocycles. The lowest BCUT2D eigenvalue weighted by Gasteiger charge is -2.13. The van der Waals surface area contributed by atoms with Gasteiger partial charge in [0.15, 0.2) is 0 Å². The van der Waals surface area contributed by atoms with Gasteiger partial charge >= 0.3 is 5.97 Å². The third-order valence-corrected chi connectivity index (χ3v) is 5.10. The minimum absolute atomic E-state index is 0.0781. The topological polar surface area (TPSA) is 79.3 Å². The van der Waals surface area contributed by atoms with Gasteiger partial charge in [-0.3, -0.25) is 4.79 Å². The predicted octanol–water partition coefficient (Wildman–Crippen LogP) is 3.42. The van der Waals surface area contributed by atoms with E-state index in [1.54, 1.807) is 18.2 Å². The number of aromatic carboxylic acids is 1. The Morgan fingerprint density at radius 3 is 2.58 bits per heavy atom. The van der Waals surface area contributed by atoms with Crippen LogP contribution in [-0.2, 0) is 11.8 Å². The molecule has 0 bridgehead atoms. The van der Waals surface area contributed by atoms with Gasteiger partial charge in [0, 0.05) is 12.0 Å². The zero-order valence-electron chi connectivity index (χ0n) is 14.3. The summed E-state index contributed by atoms with van der Waals surface area (Å²) in [6, 6.07) is 6.75. The van der Waals surface area contributed by atoms with Crippen molar-refractivity contribution in [2.45, 2.75) is 39.5 Å². The second-order valence-corrected chi connectivity index (χ2v) is 7.69. The van der Waals surface area contributed by atoms with E-state index in [2.05, 4.69) is 31.1 Å². The fourth-order valence-corrected chi connectivity index (χ4v) is 3.23. The van der Waals surface area contributed by atoms with Crippen molar-refractivity contribution in [3.05, 3.63) is 51.0 Å². The normalized spacial score (nSPS) is 11.3. The molecule has 0 spiro atoms. The molecule has 1 aromatic heterocycles. The van der Waals surface area contributed by atoms with Crippen LogP contribution in [0.15, 0.2) is 24.3 Å². The number of carbonyl (C=O) groups is 2. The van der Waals surface area contributed by atoms with Gasteiger partial charge in [-0.1, -0.05) is 32.9 Å². The highest BCUT2D eigenvalue weighted by atomic mass is 32.1. The molecule has 0 aliphatic carbocycles. The number of nitrogens with one attached hydrogen (secondary N) is 1. The van der Waals surface area contributed by atoms with Crippen LogP contribution in [0.5, 0.6) is 0 Å². The van der Waals surface area contributed by atoms with Crippen molar-refractivity contribution in [1.82, 2.24) is 10.3 Å². The summed E-state index contributed by atoms with van der Waals surface area (Å²) in [6.45, 7) is 8.51. The highest BCUT2D eigenvalue weighted by Crippen LogP contribution is 2.29. The molecule has 24 heavy (non-hydrogen) atoms. The number of carbonyl (C=O) groups excluding carboxylic acids is 1. The molecule has 0 aliphatic rings. The first kappa shape index (κ1) is 18.1. The van der Waals surface area contributed by atoms with Crippen molar-refractivity contribution in [2.75, 3.05) is 6.54 Å². The van der Waals surface area contributed by atoms with Crippen LogP contribution in [-0.4, -0.2) is 28.5 Å². The van der Waals surface area contributed by atoms with Crippen molar-refractivity contribution < 1.29 is 14.7 Å². The summed E-state index contributed by atoms with van der Waals surface area (Å²) in [5, 5.41) is 12.8. The second-order valence-electron chi connectivity index (χ2n) is 6.69. The number of carboxylic acids is 1. The highest BCUT2D eigenvalue weighted by molar-refractivity contribution is 7.14. The third kappa shape index (κ3) is 4.41. The smallest absolute Gasteiger partial charge is 0.335 e. The van der Waals surface area contributed by atoms with Gasteiger partial charge in [0.05, 0.1) is 16.3 Å². The van der Waals surface area contributed by atoms with E-state index in [0.717, 1.165) is 16.3 Å². The second kappa shape index (κ2) is 7.13. The van der Waals surface area contributed by atoms with Crippen LogP contribution in [0.2, 0.25) is 0 Å². The van der Waals surface area contributed by atoms with E-state index >= 15 is 0 Å². The molecule has 2 aromatic rings. The molecule has 2 N–H and O–H groups in total. The van der Waals surface area contributed by atoms with Gasteiger partial charge in [0.2, 0.25) is 0 Å². The zero-order chi connectivity index (χ0) is 17.9. The summed E-state index contributed by atoms with van der Waals surface area (Å²) in [5.74, 6) is -1.08. The maximum atomic E-state index is 12.3. The highest BCUT2D eigenvalue weighted by Gasteiger charge is 2.22. The summed E-state index contributed by atoms with van der Waals surface area (Å²) in [4.78, 5) is 28.4. The van der Waals surface area contributed by atoms with Crippen LogP contribution < -0.4 is 5.32 Å². The van der Waals surface area contributed by atoms with Gasteiger partial charge in [-0.15, -0.1) is 11.3 Å². The molecular weight excluding hydrogens is 324 g/mol. The molecule has 0 fully saturated rings. The fourth-order valence-electron chi connectivity index (χ4n) is 2.19. The van der Waals surface area contributed by atoms with Gasteiger partial charge in [-0.05, 0) is 31.0 Å². The van der Waals surface area contributed by atoms with Gasteiger partial charge in [-0.2, -0.15) is 0 Å². The molecule has 1 heterocycles. The zero-order valence-corrected chi connectivity index (χ0v) is 15.2. The van der Waals surface area contributed by atoms with Crippen molar-refractivity contribution in [3.8, 4) is 0 Å². The van der Waals surface area contributed by atoms with Crippen molar-refractivity contribution in [1.29, 1.82) is 0 Å². The summed E-state index contributed by atoms with van der Waals surface area (Å²) in [5.41, 5.74) is 1.81.